The molecule has 150 valence electrons. The second kappa shape index (κ2) is 8.79. The molecule has 1 fully saturated rings. The lowest BCUT2D eigenvalue weighted by Gasteiger charge is -2.29. The molecule has 0 atom stereocenters. The van der Waals surface area contributed by atoms with Crippen molar-refractivity contribution in [2.45, 2.75) is 57.8 Å². The summed E-state index contributed by atoms with van der Waals surface area (Å²) in [6, 6.07) is 8.58. The average Bonchev–Trinajstić information content (AvgIpc) is 3.15. The molecule has 4 rings (SSSR count). The number of carbonyl (C=O) groups is 1. The van der Waals surface area contributed by atoms with Crippen molar-refractivity contribution < 1.29 is 9.90 Å². The summed E-state index contributed by atoms with van der Waals surface area (Å²) in [5.41, 5.74) is 2.81. The molecule has 1 saturated heterocycles. The molecule has 0 saturated carbocycles. The summed E-state index contributed by atoms with van der Waals surface area (Å²) in [4.78, 5) is 16.6. The van der Waals surface area contributed by atoms with E-state index < -0.39 is 0 Å². The quantitative estimate of drug-likeness (QED) is 0.799. The van der Waals surface area contributed by atoms with Crippen LogP contribution in [-0.2, 0) is 30.8 Å². The number of aromatic nitrogens is 4. The van der Waals surface area contributed by atoms with Gasteiger partial charge in [0, 0.05) is 39.1 Å². The Morgan fingerprint density at radius 1 is 1.14 bits per heavy atom. The molecule has 0 spiro atoms. The number of carbonyl (C=O) groups excluding carboxylic acids is 1. The number of aliphatic hydroxyl groups is 1. The van der Waals surface area contributed by atoms with Gasteiger partial charge >= 0.3 is 0 Å². The van der Waals surface area contributed by atoms with Crippen LogP contribution >= 0.6 is 0 Å². The lowest BCUT2D eigenvalue weighted by Crippen LogP contribution is -2.40. The minimum atomic E-state index is -0.255. The van der Waals surface area contributed by atoms with Gasteiger partial charge in [0.15, 0.2) is 5.82 Å². The van der Waals surface area contributed by atoms with Gasteiger partial charge in [-0.3, -0.25) is 9.69 Å². The first-order valence-electron chi connectivity index (χ1n) is 10.2. The van der Waals surface area contributed by atoms with E-state index in [4.69, 9.17) is 0 Å². The van der Waals surface area contributed by atoms with E-state index in [2.05, 4.69) is 44.7 Å². The molecule has 0 bridgehead atoms. The Kier molecular flexibility index (Phi) is 5.97. The first kappa shape index (κ1) is 19.0. The Balaban J connectivity index is 1.26. The van der Waals surface area contributed by atoms with Crippen LogP contribution in [0.5, 0.6) is 0 Å². The maximum absolute atomic E-state index is 12.3. The zero-order chi connectivity index (χ0) is 19.3. The van der Waals surface area contributed by atoms with Gasteiger partial charge in [-0.25, -0.2) is 4.68 Å². The van der Waals surface area contributed by atoms with Crippen molar-refractivity contribution in [3.8, 4) is 0 Å². The molecule has 1 aromatic carbocycles. The predicted octanol–water partition coefficient (Wildman–Crippen LogP) is 0.995. The number of amides is 1. The summed E-state index contributed by atoms with van der Waals surface area (Å²) in [5, 5.41) is 21.7. The highest BCUT2D eigenvalue weighted by Gasteiger charge is 2.21. The van der Waals surface area contributed by atoms with Gasteiger partial charge in [0.2, 0.25) is 5.91 Å². The molecule has 8 heteroatoms. The first-order chi connectivity index (χ1) is 13.7. The topological polar surface area (TPSA) is 87.4 Å². The summed E-state index contributed by atoms with van der Waals surface area (Å²) in [5.74, 6) is 1.02. The van der Waals surface area contributed by atoms with Gasteiger partial charge in [-0.1, -0.05) is 24.3 Å². The highest BCUT2D eigenvalue weighted by atomic mass is 16.3. The molecule has 2 aliphatic heterocycles. The average molecular weight is 384 g/mol. The number of benzene rings is 1. The second-order valence-electron chi connectivity index (χ2n) is 7.76. The molecule has 28 heavy (non-hydrogen) atoms. The Labute approximate surface area is 165 Å². The van der Waals surface area contributed by atoms with E-state index in [1.54, 1.807) is 0 Å². The predicted molar refractivity (Wildman–Crippen MR) is 103 cm³/mol. The van der Waals surface area contributed by atoms with Gasteiger partial charge in [-0.15, -0.1) is 5.10 Å². The maximum Gasteiger partial charge on any atom is 0.222 e. The monoisotopic (exact) mass is 384 g/mol. The van der Waals surface area contributed by atoms with Crippen molar-refractivity contribution >= 4 is 5.91 Å². The van der Waals surface area contributed by atoms with E-state index in [1.807, 2.05) is 9.58 Å². The zero-order valence-electron chi connectivity index (χ0n) is 16.2. The number of aliphatic hydroxyl groups excluding tert-OH is 1. The summed E-state index contributed by atoms with van der Waals surface area (Å²) in [6.07, 6.45) is 3.38. The molecular formula is C20H28N6O2. The number of nitrogens with zero attached hydrogens (tertiary/aromatic N) is 6. The van der Waals surface area contributed by atoms with Crippen LogP contribution in [-0.4, -0.2) is 66.8 Å². The Morgan fingerprint density at radius 2 is 1.93 bits per heavy atom. The van der Waals surface area contributed by atoms with Gasteiger partial charge < -0.3 is 10.0 Å². The number of aryl methyl sites for hydroxylation is 1. The molecule has 0 radical (unpaired) electrons. The van der Waals surface area contributed by atoms with Crippen molar-refractivity contribution in [3.63, 3.8) is 0 Å². The molecule has 2 aromatic rings. The van der Waals surface area contributed by atoms with Gasteiger partial charge in [0.25, 0.3) is 0 Å². The third-order valence-electron chi connectivity index (χ3n) is 5.76. The van der Waals surface area contributed by atoms with E-state index in [1.165, 1.54) is 11.1 Å². The number of rotatable bonds is 6. The number of likely N-dealkylation sites (tertiary alicyclic amines) is 1. The smallest absolute Gasteiger partial charge is 0.222 e. The van der Waals surface area contributed by atoms with E-state index in [0.29, 0.717) is 38.9 Å². The summed E-state index contributed by atoms with van der Waals surface area (Å²) >= 11 is 0. The Bertz CT molecular complexity index is 799. The van der Waals surface area contributed by atoms with Crippen LogP contribution < -0.4 is 0 Å². The van der Waals surface area contributed by atoms with Crippen molar-refractivity contribution in [2.24, 2.45) is 0 Å². The zero-order valence-corrected chi connectivity index (χ0v) is 16.2. The molecule has 1 amide bonds. The van der Waals surface area contributed by atoms with Gasteiger partial charge in [-0.2, -0.15) is 0 Å². The minimum Gasteiger partial charge on any atom is -0.393 e. The van der Waals surface area contributed by atoms with Crippen LogP contribution in [0, 0.1) is 0 Å². The normalized spacial score (nSPS) is 18.2. The Morgan fingerprint density at radius 3 is 2.75 bits per heavy atom. The van der Waals surface area contributed by atoms with E-state index in [-0.39, 0.29) is 12.0 Å². The first-order valence-corrected chi connectivity index (χ1v) is 10.2. The number of hydrogen-bond donors (Lipinski definition) is 1. The van der Waals surface area contributed by atoms with Crippen molar-refractivity contribution in [1.29, 1.82) is 0 Å². The van der Waals surface area contributed by atoms with Gasteiger partial charge in [0.05, 0.1) is 12.6 Å². The van der Waals surface area contributed by atoms with Crippen molar-refractivity contribution in [3.05, 3.63) is 41.2 Å². The molecular weight excluding hydrogens is 356 g/mol. The SMILES string of the molecule is O=C(CCCn1nnnc1CN1CCc2ccccc2C1)N1CCC(O)CC1. The third-order valence-corrected chi connectivity index (χ3v) is 5.76. The maximum atomic E-state index is 12.3. The largest absolute Gasteiger partial charge is 0.393 e. The van der Waals surface area contributed by atoms with Gasteiger partial charge in [-0.05, 0) is 47.2 Å². The number of tetrazole rings is 1. The number of hydrogen-bond acceptors (Lipinski definition) is 6. The molecule has 3 heterocycles. The summed E-state index contributed by atoms with van der Waals surface area (Å²) < 4.78 is 1.83. The minimum absolute atomic E-state index is 0.161. The fourth-order valence-corrected chi connectivity index (χ4v) is 4.05. The highest BCUT2D eigenvalue weighted by molar-refractivity contribution is 5.76. The molecule has 1 aromatic heterocycles. The summed E-state index contributed by atoms with van der Waals surface area (Å²) in [7, 11) is 0. The van der Waals surface area contributed by atoms with Crippen LogP contribution in [0.4, 0.5) is 0 Å². The number of fused-ring (bicyclic) bond motifs is 1. The second-order valence-corrected chi connectivity index (χ2v) is 7.76. The fourth-order valence-electron chi connectivity index (χ4n) is 4.05. The van der Waals surface area contributed by atoms with Crippen LogP contribution in [0.1, 0.15) is 42.6 Å². The fraction of sp³-hybridized carbons (Fsp3) is 0.600. The van der Waals surface area contributed by atoms with Gasteiger partial charge in [0.1, 0.15) is 0 Å². The lowest BCUT2D eigenvalue weighted by molar-refractivity contribution is -0.133. The molecule has 0 unspecified atom stereocenters. The molecule has 2 aliphatic rings. The lowest BCUT2D eigenvalue weighted by atomic mass is 10.00. The molecule has 0 aliphatic carbocycles. The van der Waals surface area contributed by atoms with Crippen molar-refractivity contribution in [2.75, 3.05) is 19.6 Å². The van der Waals surface area contributed by atoms with Crippen LogP contribution in [0.2, 0.25) is 0 Å². The highest BCUT2D eigenvalue weighted by Crippen LogP contribution is 2.19. The standard InChI is InChI=1S/C20H28N6O2/c27-18-8-12-25(13-9-18)20(28)6-3-10-26-19(21-22-23-26)15-24-11-7-16-4-1-2-5-17(16)14-24/h1-2,4-5,18,27H,3,6-15H2. The molecule has 8 nitrogen and oxygen atoms in total. The van der Waals surface area contributed by atoms with E-state index in [9.17, 15) is 9.90 Å². The Hall–Kier alpha value is -2.32. The van der Waals surface area contributed by atoms with Crippen molar-refractivity contribution in [1.82, 2.24) is 30.0 Å². The summed E-state index contributed by atoms with van der Waals surface area (Å²) in [6.45, 7) is 4.61. The van der Waals surface area contributed by atoms with Crippen LogP contribution in [0.25, 0.3) is 0 Å². The van der Waals surface area contributed by atoms with E-state index in [0.717, 1.165) is 38.3 Å². The van der Waals surface area contributed by atoms with Crippen LogP contribution in [0.15, 0.2) is 24.3 Å². The van der Waals surface area contributed by atoms with E-state index >= 15 is 0 Å². The van der Waals surface area contributed by atoms with Crippen LogP contribution in [0.3, 0.4) is 0 Å². The third kappa shape index (κ3) is 4.56. The number of piperidine rings is 1. The molecule has 1 N–H and O–H groups in total.